The van der Waals surface area contributed by atoms with Gasteiger partial charge in [-0.2, -0.15) is 0 Å². The molecule has 7 heteroatoms. The Bertz CT molecular complexity index is 888. The standard InChI is InChI=1S/C23H25N3O2S2/c27-21(25-23-24-20(16-30-23)15-26-11-13-28-14-12-26)17-29-22(18-7-3-1-4-8-18)19-9-5-2-6-10-19/h1-10,16,22H,11-15,17H2,(H,24,25,27). The molecule has 2 aromatic carbocycles. The summed E-state index contributed by atoms with van der Waals surface area (Å²) in [5.41, 5.74) is 3.39. The van der Waals surface area contributed by atoms with Crippen LogP contribution < -0.4 is 5.32 Å². The van der Waals surface area contributed by atoms with Crippen LogP contribution in [0.3, 0.4) is 0 Å². The van der Waals surface area contributed by atoms with Crippen LogP contribution in [0.15, 0.2) is 66.0 Å². The van der Waals surface area contributed by atoms with Gasteiger partial charge in [-0.1, -0.05) is 60.7 Å². The van der Waals surface area contributed by atoms with Gasteiger partial charge in [0.15, 0.2) is 5.13 Å². The van der Waals surface area contributed by atoms with Crippen LogP contribution in [-0.2, 0) is 16.1 Å². The van der Waals surface area contributed by atoms with Crippen molar-refractivity contribution in [1.29, 1.82) is 0 Å². The molecule has 0 spiro atoms. The van der Waals surface area contributed by atoms with Crippen LogP contribution >= 0.6 is 23.1 Å². The second-order valence-corrected chi connectivity index (χ2v) is 9.04. The van der Waals surface area contributed by atoms with E-state index in [1.807, 2.05) is 41.8 Å². The third-order valence-corrected chi connectivity index (χ3v) is 6.99. The molecule has 2 heterocycles. The van der Waals surface area contributed by atoms with E-state index in [0.29, 0.717) is 10.9 Å². The average molecular weight is 440 g/mol. The lowest BCUT2D eigenvalue weighted by molar-refractivity contribution is -0.113. The van der Waals surface area contributed by atoms with Crippen molar-refractivity contribution in [3.8, 4) is 0 Å². The summed E-state index contributed by atoms with van der Waals surface area (Å²) in [4.78, 5) is 19.5. The van der Waals surface area contributed by atoms with Crippen LogP contribution in [0.4, 0.5) is 5.13 Å². The number of amides is 1. The van der Waals surface area contributed by atoms with E-state index in [4.69, 9.17) is 4.74 Å². The summed E-state index contributed by atoms with van der Waals surface area (Å²) < 4.78 is 5.39. The van der Waals surface area contributed by atoms with Gasteiger partial charge in [0, 0.05) is 25.0 Å². The summed E-state index contributed by atoms with van der Waals surface area (Å²) in [5.74, 6) is 0.344. The second-order valence-electron chi connectivity index (χ2n) is 7.09. The molecule has 1 aliphatic heterocycles. The largest absolute Gasteiger partial charge is 0.379 e. The number of aromatic nitrogens is 1. The maximum absolute atomic E-state index is 12.6. The topological polar surface area (TPSA) is 54.5 Å². The fraction of sp³-hybridized carbons (Fsp3) is 0.304. The van der Waals surface area contributed by atoms with Gasteiger partial charge >= 0.3 is 0 Å². The number of ether oxygens (including phenoxy) is 1. The molecule has 0 bridgehead atoms. The molecule has 0 saturated carbocycles. The molecule has 30 heavy (non-hydrogen) atoms. The van der Waals surface area contributed by atoms with E-state index in [2.05, 4.69) is 39.5 Å². The Hall–Kier alpha value is -2.19. The zero-order chi connectivity index (χ0) is 20.6. The predicted molar refractivity (Wildman–Crippen MR) is 124 cm³/mol. The highest BCUT2D eigenvalue weighted by atomic mass is 32.2. The molecule has 1 N–H and O–H groups in total. The molecule has 0 aliphatic carbocycles. The van der Waals surface area contributed by atoms with Gasteiger partial charge in [0.05, 0.1) is 29.9 Å². The van der Waals surface area contributed by atoms with Crippen molar-refractivity contribution >= 4 is 34.1 Å². The monoisotopic (exact) mass is 439 g/mol. The molecule has 1 aromatic heterocycles. The molecule has 0 unspecified atom stereocenters. The summed E-state index contributed by atoms with van der Waals surface area (Å²) in [6, 6.07) is 20.6. The van der Waals surface area contributed by atoms with Crippen LogP contribution in [0.1, 0.15) is 22.1 Å². The van der Waals surface area contributed by atoms with Gasteiger partial charge in [-0.15, -0.1) is 23.1 Å². The molecular weight excluding hydrogens is 414 g/mol. The number of thiazole rings is 1. The zero-order valence-corrected chi connectivity index (χ0v) is 18.3. The van der Waals surface area contributed by atoms with Crippen molar-refractivity contribution in [2.45, 2.75) is 11.8 Å². The quantitative estimate of drug-likeness (QED) is 0.562. The average Bonchev–Trinajstić information content (AvgIpc) is 3.22. The Labute approximate surface area is 185 Å². The molecule has 4 rings (SSSR count). The first kappa shape index (κ1) is 21.1. The number of morpholine rings is 1. The minimum atomic E-state index is -0.0239. The molecule has 3 aromatic rings. The van der Waals surface area contributed by atoms with Gasteiger partial charge < -0.3 is 10.1 Å². The SMILES string of the molecule is O=C(CSC(c1ccccc1)c1ccccc1)Nc1nc(CN2CCOCC2)cs1. The number of thioether (sulfide) groups is 1. The first-order valence-corrected chi connectivity index (χ1v) is 12.0. The van der Waals surface area contributed by atoms with Gasteiger partial charge in [-0.25, -0.2) is 4.98 Å². The summed E-state index contributed by atoms with van der Waals surface area (Å²) in [7, 11) is 0. The van der Waals surface area contributed by atoms with E-state index in [1.54, 1.807) is 11.8 Å². The highest BCUT2D eigenvalue weighted by molar-refractivity contribution is 8.00. The van der Waals surface area contributed by atoms with E-state index in [9.17, 15) is 4.79 Å². The molecule has 1 fully saturated rings. The highest BCUT2D eigenvalue weighted by Crippen LogP contribution is 2.35. The predicted octanol–water partition coefficient (Wildman–Crippen LogP) is 4.44. The van der Waals surface area contributed by atoms with Crippen molar-refractivity contribution in [1.82, 2.24) is 9.88 Å². The van der Waals surface area contributed by atoms with Crippen molar-refractivity contribution in [3.63, 3.8) is 0 Å². The number of carbonyl (C=O) groups is 1. The van der Waals surface area contributed by atoms with Crippen molar-refractivity contribution in [2.24, 2.45) is 0 Å². The first-order valence-electron chi connectivity index (χ1n) is 10.0. The van der Waals surface area contributed by atoms with E-state index < -0.39 is 0 Å². The maximum atomic E-state index is 12.6. The lowest BCUT2D eigenvalue weighted by Crippen LogP contribution is -2.35. The van der Waals surface area contributed by atoms with Crippen LogP contribution in [0, 0.1) is 0 Å². The maximum Gasteiger partial charge on any atom is 0.236 e. The number of nitrogens with zero attached hydrogens (tertiary/aromatic N) is 2. The molecule has 1 aliphatic rings. The van der Waals surface area contributed by atoms with Gasteiger partial charge in [0.25, 0.3) is 0 Å². The van der Waals surface area contributed by atoms with Gasteiger partial charge in [0.2, 0.25) is 5.91 Å². The van der Waals surface area contributed by atoms with Crippen LogP contribution in [0.5, 0.6) is 0 Å². The Morgan fingerprint density at radius 1 is 1.07 bits per heavy atom. The lowest BCUT2D eigenvalue weighted by Gasteiger charge is -2.25. The minimum Gasteiger partial charge on any atom is -0.379 e. The van der Waals surface area contributed by atoms with Crippen molar-refractivity contribution < 1.29 is 9.53 Å². The number of rotatable bonds is 8. The van der Waals surface area contributed by atoms with Crippen molar-refractivity contribution in [3.05, 3.63) is 82.9 Å². The fourth-order valence-electron chi connectivity index (χ4n) is 3.38. The Kier molecular flexibility index (Phi) is 7.53. The Morgan fingerprint density at radius 2 is 1.70 bits per heavy atom. The number of anilines is 1. The Balaban J connectivity index is 1.34. The second kappa shape index (κ2) is 10.7. The van der Waals surface area contributed by atoms with Gasteiger partial charge in [0.1, 0.15) is 0 Å². The third kappa shape index (κ3) is 5.92. The van der Waals surface area contributed by atoms with E-state index in [1.165, 1.54) is 22.5 Å². The smallest absolute Gasteiger partial charge is 0.236 e. The zero-order valence-electron chi connectivity index (χ0n) is 16.7. The van der Waals surface area contributed by atoms with Gasteiger partial charge in [-0.05, 0) is 11.1 Å². The van der Waals surface area contributed by atoms with Gasteiger partial charge in [-0.3, -0.25) is 9.69 Å². The molecule has 0 atom stereocenters. The first-order chi connectivity index (χ1) is 14.8. The van der Waals surface area contributed by atoms with Crippen molar-refractivity contribution in [2.75, 3.05) is 37.4 Å². The number of hydrogen-bond donors (Lipinski definition) is 1. The van der Waals surface area contributed by atoms with Crippen LogP contribution in [0.2, 0.25) is 0 Å². The lowest BCUT2D eigenvalue weighted by atomic mass is 10.0. The fourth-order valence-corrected chi connectivity index (χ4v) is 5.19. The molecule has 1 amide bonds. The highest BCUT2D eigenvalue weighted by Gasteiger charge is 2.17. The van der Waals surface area contributed by atoms with Crippen LogP contribution in [-0.4, -0.2) is 47.8 Å². The van der Waals surface area contributed by atoms with E-state index in [0.717, 1.165) is 38.5 Å². The summed E-state index contributed by atoms with van der Waals surface area (Å²) in [6.07, 6.45) is 0. The Morgan fingerprint density at radius 3 is 2.33 bits per heavy atom. The summed E-state index contributed by atoms with van der Waals surface area (Å²) in [6.45, 7) is 4.20. The van der Waals surface area contributed by atoms with E-state index >= 15 is 0 Å². The number of hydrogen-bond acceptors (Lipinski definition) is 6. The molecule has 156 valence electrons. The molecule has 5 nitrogen and oxygen atoms in total. The normalized spacial score (nSPS) is 14.7. The molecule has 0 radical (unpaired) electrons. The number of nitrogens with one attached hydrogen (secondary N) is 1. The third-order valence-electron chi connectivity index (χ3n) is 4.87. The minimum absolute atomic E-state index is 0.0239. The molecular formula is C23H25N3O2S2. The van der Waals surface area contributed by atoms with Crippen LogP contribution in [0.25, 0.3) is 0 Å². The number of carbonyl (C=O) groups excluding carboxylic acids is 1. The summed E-state index contributed by atoms with van der Waals surface area (Å²) in [5, 5.41) is 5.77. The summed E-state index contributed by atoms with van der Waals surface area (Å²) >= 11 is 3.12. The number of benzene rings is 2. The van der Waals surface area contributed by atoms with E-state index in [-0.39, 0.29) is 11.2 Å². The molecule has 1 saturated heterocycles.